The molecule has 29 heavy (non-hydrogen) atoms. The van der Waals surface area contributed by atoms with E-state index in [1.807, 2.05) is 36.9 Å². The molecule has 1 amide bonds. The van der Waals surface area contributed by atoms with Crippen LogP contribution < -0.4 is 0 Å². The lowest BCUT2D eigenvalue weighted by atomic mass is 9.84. The van der Waals surface area contributed by atoms with E-state index in [-0.39, 0.29) is 30.1 Å². The minimum atomic E-state index is -0.608. The Hall–Kier alpha value is -2.17. The fourth-order valence-electron chi connectivity index (χ4n) is 5.19. The first-order valence-electron chi connectivity index (χ1n) is 10.8. The third-order valence-corrected chi connectivity index (χ3v) is 6.58. The van der Waals surface area contributed by atoms with Gasteiger partial charge in [0.2, 0.25) is 5.91 Å². The molecule has 0 spiro atoms. The van der Waals surface area contributed by atoms with Gasteiger partial charge in [0.15, 0.2) is 0 Å². The van der Waals surface area contributed by atoms with Crippen molar-refractivity contribution in [1.29, 1.82) is 0 Å². The summed E-state index contributed by atoms with van der Waals surface area (Å²) in [6.07, 6.45) is 3.78. The number of carbonyl (C=O) groups is 1. The number of epoxide rings is 1. The topological polar surface area (TPSA) is 42.1 Å². The van der Waals surface area contributed by atoms with Gasteiger partial charge in [-0.15, -0.1) is 0 Å². The summed E-state index contributed by atoms with van der Waals surface area (Å²) in [5, 5.41) is 0. The van der Waals surface area contributed by atoms with Gasteiger partial charge < -0.3 is 14.4 Å². The van der Waals surface area contributed by atoms with Crippen molar-refractivity contribution in [2.75, 3.05) is 6.61 Å². The van der Waals surface area contributed by atoms with Gasteiger partial charge in [-0.05, 0) is 56.2 Å². The maximum atomic E-state index is 14.0. The molecule has 3 aliphatic rings. The number of hydrogen-bond acceptors (Lipinski definition) is 3. The van der Waals surface area contributed by atoms with Gasteiger partial charge in [0.25, 0.3) is 0 Å². The highest BCUT2D eigenvalue weighted by molar-refractivity contribution is 5.81. The van der Waals surface area contributed by atoms with Crippen molar-refractivity contribution in [2.24, 2.45) is 5.92 Å². The summed E-state index contributed by atoms with van der Waals surface area (Å²) in [6, 6.07) is 18.9. The van der Waals surface area contributed by atoms with E-state index < -0.39 is 5.72 Å². The van der Waals surface area contributed by atoms with E-state index in [1.165, 1.54) is 16.7 Å². The number of carbonyl (C=O) groups excluding carboxylic acids is 1. The second-order valence-corrected chi connectivity index (χ2v) is 9.07. The zero-order valence-electron chi connectivity index (χ0n) is 17.2. The number of amides is 1. The standard InChI is InChI=1S/C25H29NO3/c1-25(2)26(23-21-11-7-6-10-18(21)12-13-22(23)29-25)24(27)19(15-20-16-28-20)14-17-8-4-3-5-9-17/h3-11,19-20,22-23H,12-16H2,1-2H3/t19-,20+,22-,23+/m1/s1. The molecule has 152 valence electrons. The molecule has 0 aromatic heterocycles. The second-order valence-electron chi connectivity index (χ2n) is 9.07. The van der Waals surface area contributed by atoms with Crippen molar-refractivity contribution in [1.82, 2.24) is 4.90 Å². The van der Waals surface area contributed by atoms with Gasteiger partial charge in [0.05, 0.1) is 24.9 Å². The summed E-state index contributed by atoms with van der Waals surface area (Å²) < 4.78 is 11.9. The summed E-state index contributed by atoms with van der Waals surface area (Å²) in [6.45, 7) is 4.85. The van der Waals surface area contributed by atoms with Gasteiger partial charge in [-0.1, -0.05) is 54.6 Å². The van der Waals surface area contributed by atoms with Gasteiger partial charge >= 0.3 is 0 Å². The Morgan fingerprint density at radius 2 is 1.86 bits per heavy atom. The van der Waals surface area contributed by atoms with Gasteiger partial charge in [-0.3, -0.25) is 4.79 Å². The molecule has 0 N–H and O–H groups in total. The number of nitrogens with zero attached hydrogens (tertiary/aromatic N) is 1. The van der Waals surface area contributed by atoms with Crippen LogP contribution in [0.1, 0.15) is 49.4 Å². The summed E-state index contributed by atoms with van der Waals surface area (Å²) in [4.78, 5) is 16.0. The van der Waals surface area contributed by atoms with E-state index in [9.17, 15) is 4.79 Å². The maximum absolute atomic E-state index is 14.0. The predicted molar refractivity (Wildman–Crippen MR) is 111 cm³/mol. The Kier molecular flexibility index (Phi) is 4.72. The number of hydrogen-bond donors (Lipinski definition) is 0. The smallest absolute Gasteiger partial charge is 0.228 e. The lowest BCUT2D eigenvalue weighted by Gasteiger charge is -2.38. The number of rotatable bonds is 5. The van der Waals surface area contributed by atoms with Crippen LogP contribution in [0.3, 0.4) is 0 Å². The Balaban J connectivity index is 1.48. The number of aryl methyl sites for hydroxylation is 1. The lowest BCUT2D eigenvalue weighted by Crippen LogP contribution is -2.48. The predicted octanol–water partition coefficient (Wildman–Crippen LogP) is 4.29. The van der Waals surface area contributed by atoms with E-state index in [1.54, 1.807) is 0 Å². The van der Waals surface area contributed by atoms with Crippen LogP contribution in [-0.2, 0) is 27.1 Å². The van der Waals surface area contributed by atoms with E-state index in [0.717, 1.165) is 32.3 Å². The molecule has 2 saturated heterocycles. The summed E-state index contributed by atoms with van der Waals surface area (Å²) in [7, 11) is 0. The Labute approximate surface area is 172 Å². The van der Waals surface area contributed by atoms with Gasteiger partial charge in [0.1, 0.15) is 5.72 Å². The maximum Gasteiger partial charge on any atom is 0.228 e. The molecule has 2 aromatic carbocycles. The average molecular weight is 392 g/mol. The van der Waals surface area contributed by atoms with Crippen LogP contribution in [0.5, 0.6) is 0 Å². The van der Waals surface area contributed by atoms with E-state index in [0.29, 0.717) is 0 Å². The number of benzene rings is 2. The monoisotopic (exact) mass is 391 g/mol. The Bertz CT molecular complexity index is 890. The molecule has 4 heteroatoms. The van der Waals surface area contributed by atoms with Crippen molar-refractivity contribution in [3.8, 4) is 0 Å². The zero-order valence-corrected chi connectivity index (χ0v) is 17.2. The summed E-state index contributed by atoms with van der Waals surface area (Å²) >= 11 is 0. The van der Waals surface area contributed by atoms with Gasteiger partial charge in [-0.25, -0.2) is 0 Å². The first-order valence-corrected chi connectivity index (χ1v) is 10.8. The summed E-state index contributed by atoms with van der Waals surface area (Å²) in [5.41, 5.74) is 3.19. The van der Waals surface area contributed by atoms with Crippen LogP contribution in [0, 0.1) is 5.92 Å². The molecule has 2 heterocycles. The fraction of sp³-hybridized carbons (Fsp3) is 0.480. The molecule has 0 bridgehead atoms. The molecule has 2 aliphatic heterocycles. The minimum absolute atomic E-state index is 0.000782. The van der Waals surface area contributed by atoms with Gasteiger partial charge in [-0.2, -0.15) is 0 Å². The summed E-state index contributed by atoms with van der Waals surface area (Å²) in [5.74, 6) is 0.0965. The van der Waals surface area contributed by atoms with E-state index >= 15 is 0 Å². The highest BCUT2D eigenvalue weighted by Gasteiger charge is 2.53. The van der Waals surface area contributed by atoms with Crippen molar-refractivity contribution >= 4 is 5.91 Å². The molecule has 0 saturated carbocycles. The highest BCUT2D eigenvalue weighted by atomic mass is 16.6. The molecular formula is C25H29NO3. The fourth-order valence-corrected chi connectivity index (χ4v) is 5.19. The largest absolute Gasteiger partial charge is 0.373 e. The van der Waals surface area contributed by atoms with Gasteiger partial charge in [0, 0.05) is 5.92 Å². The van der Waals surface area contributed by atoms with Crippen LogP contribution in [0.4, 0.5) is 0 Å². The minimum Gasteiger partial charge on any atom is -0.373 e. The molecule has 4 atom stereocenters. The van der Waals surface area contributed by atoms with Crippen molar-refractivity contribution < 1.29 is 14.3 Å². The van der Waals surface area contributed by atoms with Crippen molar-refractivity contribution in [2.45, 2.75) is 63.5 Å². The van der Waals surface area contributed by atoms with E-state index in [2.05, 4.69) is 36.4 Å². The van der Waals surface area contributed by atoms with E-state index in [4.69, 9.17) is 9.47 Å². The number of ether oxygens (including phenoxy) is 2. The zero-order chi connectivity index (χ0) is 20.0. The van der Waals surface area contributed by atoms with Crippen LogP contribution in [0.2, 0.25) is 0 Å². The van der Waals surface area contributed by atoms with Crippen LogP contribution in [0.15, 0.2) is 54.6 Å². The quantitative estimate of drug-likeness (QED) is 0.714. The molecule has 0 unspecified atom stereocenters. The molecule has 2 fully saturated rings. The first-order chi connectivity index (χ1) is 14.0. The van der Waals surface area contributed by atoms with Crippen molar-refractivity contribution in [3.63, 3.8) is 0 Å². The van der Waals surface area contributed by atoms with Crippen LogP contribution >= 0.6 is 0 Å². The Morgan fingerprint density at radius 3 is 2.62 bits per heavy atom. The first kappa shape index (κ1) is 18.8. The number of fused-ring (bicyclic) bond motifs is 3. The Morgan fingerprint density at radius 1 is 1.14 bits per heavy atom. The van der Waals surface area contributed by atoms with Crippen LogP contribution in [0.25, 0.3) is 0 Å². The van der Waals surface area contributed by atoms with Crippen molar-refractivity contribution in [3.05, 3.63) is 71.3 Å². The second kappa shape index (κ2) is 7.26. The SMILES string of the molecule is CC1(C)O[C@@H]2CCc3ccccc3[C@@H]2N1C(=O)[C@H](Cc1ccccc1)C[C@H]1CO1. The highest BCUT2D eigenvalue weighted by Crippen LogP contribution is 2.48. The third-order valence-electron chi connectivity index (χ3n) is 6.58. The molecule has 1 aliphatic carbocycles. The molecule has 2 aromatic rings. The third kappa shape index (κ3) is 3.60. The molecule has 4 nitrogen and oxygen atoms in total. The molecule has 0 radical (unpaired) electrons. The van der Waals surface area contributed by atoms with Crippen LogP contribution in [-0.4, -0.2) is 35.3 Å². The normalized spacial score (nSPS) is 27.8. The molecule has 5 rings (SSSR count). The lowest BCUT2D eigenvalue weighted by molar-refractivity contribution is -0.152. The molecular weight excluding hydrogens is 362 g/mol. The average Bonchev–Trinajstić information content (AvgIpc) is 3.48.